The van der Waals surface area contributed by atoms with Gasteiger partial charge in [0, 0.05) is 5.02 Å². The Labute approximate surface area is 97.1 Å². The van der Waals surface area contributed by atoms with E-state index in [9.17, 15) is 5.11 Å². The topological polar surface area (TPSA) is 20.2 Å². The standard InChI is InChI=1S/C13H19ClO/c1-4-10(5-2)13(3,15)11-6-8-12(14)9-7-11/h6-10,15H,4-5H2,1-3H3. The molecule has 1 unspecified atom stereocenters. The summed E-state index contributed by atoms with van der Waals surface area (Å²) in [5.74, 6) is 0.290. The molecule has 0 aliphatic heterocycles. The Morgan fingerprint density at radius 1 is 1.20 bits per heavy atom. The van der Waals surface area contributed by atoms with Crippen molar-refractivity contribution in [1.82, 2.24) is 0 Å². The minimum absolute atomic E-state index is 0.290. The van der Waals surface area contributed by atoms with E-state index in [-0.39, 0.29) is 0 Å². The third-order valence-corrected chi connectivity index (χ3v) is 3.46. The van der Waals surface area contributed by atoms with E-state index in [1.54, 1.807) is 0 Å². The lowest BCUT2D eigenvalue weighted by molar-refractivity contribution is -0.00949. The van der Waals surface area contributed by atoms with Crippen LogP contribution in [0.15, 0.2) is 24.3 Å². The molecule has 0 spiro atoms. The van der Waals surface area contributed by atoms with Gasteiger partial charge in [-0.1, -0.05) is 50.4 Å². The van der Waals surface area contributed by atoms with Crippen LogP contribution in [0.3, 0.4) is 0 Å². The summed E-state index contributed by atoms with van der Waals surface area (Å²) < 4.78 is 0. The number of halogens is 1. The first kappa shape index (κ1) is 12.5. The summed E-state index contributed by atoms with van der Waals surface area (Å²) in [5, 5.41) is 11.2. The average molecular weight is 227 g/mol. The number of benzene rings is 1. The predicted octanol–water partition coefficient (Wildman–Crippen LogP) is 3.98. The molecule has 0 bridgehead atoms. The third-order valence-electron chi connectivity index (χ3n) is 3.21. The predicted molar refractivity (Wildman–Crippen MR) is 65.1 cm³/mol. The molecule has 1 nitrogen and oxygen atoms in total. The van der Waals surface area contributed by atoms with Gasteiger partial charge in [-0.3, -0.25) is 0 Å². The number of hydrogen-bond donors (Lipinski definition) is 1. The summed E-state index contributed by atoms with van der Waals surface area (Å²) >= 11 is 5.83. The molecule has 84 valence electrons. The van der Waals surface area contributed by atoms with Gasteiger partial charge in [0.15, 0.2) is 0 Å². The minimum Gasteiger partial charge on any atom is -0.385 e. The molecule has 0 saturated carbocycles. The van der Waals surface area contributed by atoms with Crippen LogP contribution in [-0.4, -0.2) is 5.11 Å². The summed E-state index contributed by atoms with van der Waals surface area (Å²) in [7, 11) is 0. The molecule has 0 aromatic heterocycles. The summed E-state index contributed by atoms with van der Waals surface area (Å²) in [4.78, 5) is 0. The first-order chi connectivity index (χ1) is 7.02. The number of rotatable bonds is 4. The van der Waals surface area contributed by atoms with Gasteiger partial charge in [-0.2, -0.15) is 0 Å². The second-order valence-electron chi connectivity index (χ2n) is 4.17. The Balaban J connectivity index is 2.98. The summed E-state index contributed by atoms with van der Waals surface area (Å²) in [6.07, 6.45) is 1.96. The van der Waals surface area contributed by atoms with Crippen LogP contribution in [0.4, 0.5) is 0 Å². The van der Waals surface area contributed by atoms with Crippen molar-refractivity contribution in [3.05, 3.63) is 34.9 Å². The fourth-order valence-electron chi connectivity index (χ4n) is 2.11. The van der Waals surface area contributed by atoms with Gasteiger partial charge in [0.2, 0.25) is 0 Å². The van der Waals surface area contributed by atoms with Crippen molar-refractivity contribution >= 4 is 11.6 Å². The van der Waals surface area contributed by atoms with Crippen molar-refractivity contribution in [2.75, 3.05) is 0 Å². The lowest BCUT2D eigenvalue weighted by Crippen LogP contribution is -2.31. The van der Waals surface area contributed by atoms with Gasteiger partial charge in [0.1, 0.15) is 0 Å². The average Bonchev–Trinajstić information content (AvgIpc) is 2.19. The molecule has 0 aliphatic carbocycles. The monoisotopic (exact) mass is 226 g/mol. The third kappa shape index (κ3) is 2.73. The quantitative estimate of drug-likeness (QED) is 0.824. The molecule has 2 heteroatoms. The molecular weight excluding hydrogens is 208 g/mol. The van der Waals surface area contributed by atoms with E-state index in [0.717, 1.165) is 18.4 Å². The molecule has 0 heterocycles. The highest BCUT2D eigenvalue weighted by molar-refractivity contribution is 6.30. The SMILES string of the molecule is CCC(CC)C(C)(O)c1ccc(Cl)cc1. The van der Waals surface area contributed by atoms with Crippen LogP contribution in [0, 0.1) is 5.92 Å². The van der Waals surface area contributed by atoms with E-state index in [2.05, 4.69) is 13.8 Å². The highest BCUT2D eigenvalue weighted by Gasteiger charge is 2.30. The first-order valence-corrected chi connectivity index (χ1v) is 5.88. The number of aliphatic hydroxyl groups is 1. The van der Waals surface area contributed by atoms with Gasteiger partial charge in [-0.15, -0.1) is 0 Å². The van der Waals surface area contributed by atoms with Gasteiger partial charge in [0.25, 0.3) is 0 Å². The van der Waals surface area contributed by atoms with Crippen molar-refractivity contribution in [1.29, 1.82) is 0 Å². The molecule has 0 aliphatic rings. The van der Waals surface area contributed by atoms with Gasteiger partial charge < -0.3 is 5.11 Å². The van der Waals surface area contributed by atoms with E-state index in [1.807, 2.05) is 31.2 Å². The van der Waals surface area contributed by atoms with Crippen LogP contribution in [-0.2, 0) is 5.60 Å². The van der Waals surface area contributed by atoms with Crippen LogP contribution in [0.25, 0.3) is 0 Å². The van der Waals surface area contributed by atoms with E-state index < -0.39 is 5.60 Å². The van der Waals surface area contributed by atoms with E-state index in [0.29, 0.717) is 10.9 Å². The van der Waals surface area contributed by atoms with Gasteiger partial charge in [-0.05, 0) is 30.5 Å². The zero-order valence-corrected chi connectivity index (χ0v) is 10.4. The molecule has 1 aromatic rings. The van der Waals surface area contributed by atoms with Crippen molar-refractivity contribution in [2.24, 2.45) is 5.92 Å². The maximum atomic E-state index is 10.5. The van der Waals surface area contributed by atoms with Crippen LogP contribution in [0.5, 0.6) is 0 Å². The fourth-order valence-corrected chi connectivity index (χ4v) is 2.23. The van der Waals surface area contributed by atoms with Crippen molar-refractivity contribution in [3.63, 3.8) is 0 Å². The highest BCUT2D eigenvalue weighted by atomic mass is 35.5. The normalized spacial score (nSPS) is 15.3. The van der Waals surface area contributed by atoms with Crippen molar-refractivity contribution in [2.45, 2.75) is 39.2 Å². The Morgan fingerprint density at radius 3 is 2.07 bits per heavy atom. The molecule has 1 N–H and O–H groups in total. The second-order valence-corrected chi connectivity index (χ2v) is 4.60. The van der Waals surface area contributed by atoms with Gasteiger partial charge >= 0.3 is 0 Å². The minimum atomic E-state index is -0.756. The van der Waals surface area contributed by atoms with Crippen LogP contribution in [0.2, 0.25) is 5.02 Å². The maximum Gasteiger partial charge on any atom is 0.0896 e. The smallest absolute Gasteiger partial charge is 0.0896 e. The Bertz CT molecular complexity index is 299. The van der Waals surface area contributed by atoms with E-state index >= 15 is 0 Å². The zero-order valence-electron chi connectivity index (χ0n) is 9.63. The van der Waals surface area contributed by atoms with Crippen LogP contribution in [0.1, 0.15) is 39.2 Å². The zero-order chi connectivity index (χ0) is 11.5. The maximum absolute atomic E-state index is 10.5. The summed E-state index contributed by atoms with van der Waals surface area (Å²) in [6, 6.07) is 7.46. The van der Waals surface area contributed by atoms with Crippen LogP contribution < -0.4 is 0 Å². The Morgan fingerprint density at radius 2 is 1.67 bits per heavy atom. The largest absolute Gasteiger partial charge is 0.385 e. The lowest BCUT2D eigenvalue weighted by Gasteiger charge is -2.32. The molecule has 0 radical (unpaired) electrons. The Hall–Kier alpha value is -0.530. The molecule has 1 aromatic carbocycles. The van der Waals surface area contributed by atoms with Crippen LogP contribution >= 0.6 is 11.6 Å². The lowest BCUT2D eigenvalue weighted by atomic mass is 9.80. The van der Waals surface area contributed by atoms with E-state index in [1.165, 1.54) is 0 Å². The first-order valence-electron chi connectivity index (χ1n) is 5.50. The van der Waals surface area contributed by atoms with Crippen molar-refractivity contribution in [3.8, 4) is 0 Å². The Kier molecular flexibility index (Phi) is 4.18. The summed E-state index contributed by atoms with van der Waals surface area (Å²) in [6.45, 7) is 6.10. The van der Waals surface area contributed by atoms with E-state index in [4.69, 9.17) is 11.6 Å². The molecule has 1 atom stereocenters. The molecule has 0 fully saturated rings. The van der Waals surface area contributed by atoms with Gasteiger partial charge in [0.05, 0.1) is 5.60 Å². The second kappa shape index (κ2) is 5.00. The molecule has 0 amide bonds. The molecule has 1 rings (SSSR count). The molecular formula is C13H19ClO. The van der Waals surface area contributed by atoms with Crippen molar-refractivity contribution < 1.29 is 5.11 Å². The highest BCUT2D eigenvalue weighted by Crippen LogP contribution is 2.33. The fraction of sp³-hybridized carbons (Fsp3) is 0.538. The number of hydrogen-bond acceptors (Lipinski definition) is 1. The van der Waals surface area contributed by atoms with Gasteiger partial charge in [-0.25, -0.2) is 0 Å². The summed E-state index contributed by atoms with van der Waals surface area (Å²) in [5.41, 5.74) is 0.189. The molecule has 0 saturated heterocycles. The molecule has 15 heavy (non-hydrogen) atoms.